The molecule has 0 fully saturated rings. The van der Waals surface area contributed by atoms with E-state index in [9.17, 15) is 0 Å². The van der Waals surface area contributed by atoms with Crippen molar-refractivity contribution >= 4 is 0 Å². The van der Waals surface area contributed by atoms with Crippen LogP contribution in [0.5, 0.6) is 0 Å². The Hall–Kier alpha value is -1.34. The summed E-state index contributed by atoms with van der Waals surface area (Å²) in [4.78, 5) is 2.49. The minimum Gasteiger partial charge on any atom is -0.299 e. The molecule has 0 aromatic heterocycles. The van der Waals surface area contributed by atoms with Crippen LogP contribution in [0, 0.1) is 0 Å². The first-order chi connectivity index (χ1) is 8.36. The monoisotopic (exact) mass is 229 g/mol. The van der Waals surface area contributed by atoms with E-state index in [1.165, 1.54) is 12.0 Å². The van der Waals surface area contributed by atoms with Gasteiger partial charge in [-0.2, -0.15) is 0 Å². The van der Waals surface area contributed by atoms with Crippen molar-refractivity contribution in [2.75, 3.05) is 13.1 Å². The number of hydrogen-bond acceptors (Lipinski definition) is 1. The van der Waals surface area contributed by atoms with Crippen LogP contribution in [0.25, 0.3) is 0 Å². The molecule has 0 unspecified atom stereocenters. The highest BCUT2D eigenvalue weighted by Crippen LogP contribution is 2.07. The highest BCUT2D eigenvalue weighted by molar-refractivity contribution is 5.14. The summed E-state index contributed by atoms with van der Waals surface area (Å²) in [5.74, 6) is 0. The van der Waals surface area contributed by atoms with E-state index >= 15 is 0 Å². The topological polar surface area (TPSA) is 3.24 Å². The van der Waals surface area contributed by atoms with Gasteiger partial charge in [0, 0.05) is 13.1 Å². The van der Waals surface area contributed by atoms with Crippen molar-refractivity contribution in [2.24, 2.45) is 0 Å². The smallest absolute Gasteiger partial charge is 0.0233 e. The zero-order valence-corrected chi connectivity index (χ0v) is 10.6. The second kappa shape index (κ2) is 8.77. The fraction of sp³-hybridized carbons (Fsp3) is 0.375. The van der Waals surface area contributed by atoms with E-state index in [-0.39, 0.29) is 0 Å². The fourth-order valence-corrected chi connectivity index (χ4v) is 1.84. The van der Waals surface area contributed by atoms with Crippen LogP contribution in [0.1, 0.15) is 24.8 Å². The van der Waals surface area contributed by atoms with Crippen LogP contribution in [-0.2, 0) is 6.54 Å². The summed E-state index contributed by atoms with van der Waals surface area (Å²) in [5.41, 5.74) is 1.38. The van der Waals surface area contributed by atoms with E-state index in [2.05, 4.69) is 48.4 Å². The highest BCUT2D eigenvalue weighted by atomic mass is 15.1. The van der Waals surface area contributed by atoms with Crippen molar-refractivity contribution in [1.29, 1.82) is 0 Å². The summed E-state index contributed by atoms with van der Waals surface area (Å²) in [6.45, 7) is 10.8. The standard InChI is InChI=1S/C16H23N/c1-3-5-10-14-17(13-6-4-2)15-16-11-8-7-9-12-16/h3-4,7-9,11-12H,1-2,5-6,10,13-15H2. The molecule has 0 saturated heterocycles. The third-order valence-electron chi connectivity index (χ3n) is 2.78. The zero-order valence-electron chi connectivity index (χ0n) is 10.6. The quantitative estimate of drug-likeness (QED) is 0.456. The molecule has 1 rings (SSSR count). The Balaban J connectivity index is 2.44. The second-order valence-electron chi connectivity index (χ2n) is 4.27. The zero-order chi connectivity index (χ0) is 12.3. The molecule has 0 heterocycles. The predicted octanol–water partition coefficient (Wildman–Crippen LogP) is 4.03. The van der Waals surface area contributed by atoms with Crippen LogP contribution in [0.3, 0.4) is 0 Å². The lowest BCUT2D eigenvalue weighted by Gasteiger charge is -2.21. The summed E-state index contributed by atoms with van der Waals surface area (Å²) in [5, 5.41) is 0. The molecule has 0 radical (unpaired) electrons. The van der Waals surface area contributed by atoms with Crippen molar-refractivity contribution < 1.29 is 0 Å². The molecule has 0 spiro atoms. The van der Waals surface area contributed by atoms with E-state index < -0.39 is 0 Å². The molecule has 1 heteroatoms. The Kier molecular flexibility index (Phi) is 7.08. The van der Waals surface area contributed by atoms with Crippen LogP contribution in [0.4, 0.5) is 0 Å². The Morgan fingerprint density at radius 1 is 0.941 bits per heavy atom. The minimum absolute atomic E-state index is 1.03. The van der Waals surface area contributed by atoms with Gasteiger partial charge in [0.05, 0.1) is 0 Å². The molecule has 0 aliphatic rings. The first kappa shape index (κ1) is 13.7. The fourth-order valence-electron chi connectivity index (χ4n) is 1.84. The van der Waals surface area contributed by atoms with E-state index in [1.54, 1.807) is 0 Å². The molecule has 92 valence electrons. The Bertz CT molecular complexity index is 316. The molecule has 1 aromatic carbocycles. The average molecular weight is 229 g/mol. The molecule has 0 aliphatic carbocycles. The second-order valence-corrected chi connectivity index (χ2v) is 4.27. The number of allylic oxidation sites excluding steroid dienone is 1. The average Bonchev–Trinajstić information content (AvgIpc) is 2.37. The third-order valence-corrected chi connectivity index (χ3v) is 2.78. The highest BCUT2D eigenvalue weighted by Gasteiger charge is 2.04. The van der Waals surface area contributed by atoms with Gasteiger partial charge < -0.3 is 0 Å². The maximum absolute atomic E-state index is 3.79. The Morgan fingerprint density at radius 3 is 2.29 bits per heavy atom. The van der Waals surface area contributed by atoms with Crippen molar-refractivity contribution in [2.45, 2.75) is 25.8 Å². The first-order valence-corrected chi connectivity index (χ1v) is 6.35. The van der Waals surface area contributed by atoms with Crippen molar-refractivity contribution in [3.8, 4) is 0 Å². The normalized spacial score (nSPS) is 10.4. The first-order valence-electron chi connectivity index (χ1n) is 6.35. The molecule has 17 heavy (non-hydrogen) atoms. The molecular formula is C16H23N. The van der Waals surface area contributed by atoms with Crippen LogP contribution in [-0.4, -0.2) is 18.0 Å². The Labute approximate surface area is 105 Å². The SMILES string of the molecule is C=CCCCN(CCC=C)Cc1ccccc1. The third kappa shape index (κ3) is 6.08. The van der Waals surface area contributed by atoms with E-state index in [1.807, 2.05) is 12.2 Å². The van der Waals surface area contributed by atoms with Gasteiger partial charge in [0.25, 0.3) is 0 Å². The summed E-state index contributed by atoms with van der Waals surface area (Å²) in [7, 11) is 0. The number of rotatable bonds is 9. The summed E-state index contributed by atoms with van der Waals surface area (Å²) in [6.07, 6.45) is 7.33. The van der Waals surface area contributed by atoms with Gasteiger partial charge in [-0.05, 0) is 31.4 Å². The molecular weight excluding hydrogens is 206 g/mol. The number of benzene rings is 1. The molecule has 0 aliphatic heterocycles. The van der Waals surface area contributed by atoms with Crippen LogP contribution < -0.4 is 0 Å². The minimum atomic E-state index is 1.03. The lowest BCUT2D eigenvalue weighted by molar-refractivity contribution is 0.268. The van der Waals surface area contributed by atoms with Gasteiger partial charge in [-0.15, -0.1) is 13.2 Å². The van der Waals surface area contributed by atoms with Crippen molar-refractivity contribution in [3.63, 3.8) is 0 Å². The van der Waals surface area contributed by atoms with E-state index in [0.29, 0.717) is 0 Å². The Morgan fingerprint density at radius 2 is 1.65 bits per heavy atom. The van der Waals surface area contributed by atoms with Crippen molar-refractivity contribution in [3.05, 3.63) is 61.2 Å². The molecule has 1 nitrogen and oxygen atoms in total. The molecule has 0 saturated carbocycles. The lowest BCUT2D eigenvalue weighted by Crippen LogP contribution is -2.25. The van der Waals surface area contributed by atoms with Gasteiger partial charge in [-0.3, -0.25) is 4.90 Å². The molecule has 0 atom stereocenters. The van der Waals surface area contributed by atoms with Gasteiger partial charge >= 0.3 is 0 Å². The van der Waals surface area contributed by atoms with Gasteiger partial charge in [-0.25, -0.2) is 0 Å². The van der Waals surface area contributed by atoms with E-state index in [4.69, 9.17) is 0 Å². The molecule has 1 aromatic rings. The molecule has 0 N–H and O–H groups in total. The summed E-state index contributed by atoms with van der Waals surface area (Å²) >= 11 is 0. The summed E-state index contributed by atoms with van der Waals surface area (Å²) < 4.78 is 0. The number of nitrogens with zero attached hydrogens (tertiary/aromatic N) is 1. The van der Waals surface area contributed by atoms with Crippen LogP contribution in [0.15, 0.2) is 55.6 Å². The maximum atomic E-state index is 3.79. The maximum Gasteiger partial charge on any atom is 0.0233 e. The van der Waals surface area contributed by atoms with Gasteiger partial charge in [0.15, 0.2) is 0 Å². The van der Waals surface area contributed by atoms with Crippen molar-refractivity contribution in [1.82, 2.24) is 4.90 Å². The van der Waals surface area contributed by atoms with Gasteiger partial charge in [0.2, 0.25) is 0 Å². The predicted molar refractivity (Wildman–Crippen MR) is 76.0 cm³/mol. The molecule has 0 amide bonds. The van der Waals surface area contributed by atoms with Gasteiger partial charge in [-0.1, -0.05) is 42.5 Å². The lowest BCUT2D eigenvalue weighted by atomic mass is 10.2. The van der Waals surface area contributed by atoms with Gasteiger partial charge in [0.1, 0.15) is 0 Å². The summed E-state index contributed by atoms with van der Waals surface area (Å²) in [6, 6.07) is 10.6. The van der Waals surface area contributed by atoms with Crippen LogP contribution in [0.2, 0.25) is 0 Å². The van der Waals surface area contributed by atoms with Crippen LogP contribution >= 0.6 is 0 Å². The number of hydrogen-bond donors (Lipinski definition) is 0. The number of unbranched alkanes of at least 4 members (excludes halogenated alkanes) is 1. The molecule has 0 bridgehead atoms. The van der Waals surface area contributed by atoms with E-state index in [0.717, 1.165) is 32.5 Å². The largest absolute Gasteiger partial charge is 0.299 e.